The zero-order valence-electron chi connectivity index (χ0n) is 15.0. The second-order valence-electron chi connectivity index (χ2n) is 6.46. The molecule has 0 unspecified atom stereocenters. The van der Waals surface area contributed by atoms with E-state index in [4.69, 9.17) is 4.42 Å². The summed E-state index contributed by atoms with van der Waals surface area (Å²) < 4.78 is 5.77. The molecule has 0 aliphatic rings. The zero-order valence-corrected chi connectivity index (χ0v) is 15.0. The average Bonchev–Trinajstić information content (AvgIpc) is 3.05. The summed E-state index contributed by atoms with van der Waals surface area (Å²) in [5, 5.41) is 20.4. The van der Waals surface area contributed by atoms with Gasteiger partial charge in [0.15, 0.2) is 5.58 Å². The van der Waals surface area contributed by atoms with Crippen LogP contribution >= 0.6 is 0 Å². The second-order valence-corrected chi connectivity index (χ2v) is 6.46. The maximum atomic E-state index is 10.4. The highest BCUT2D eigenvalue weighted by Gasteiger charge is 2.13. The molecule has 0 amide bonds. The highest BCUT2D eigenvalue weighted by molar-refractivity contribution is 5.86. The molecule has 1 heterocycles. The third-order valence-corrected chi connectivity index (χ3v) is 4.38. The zero-order chi connectivity index (χ0) is 19.0. The Kier molecular flexibility index (Phi) is 4.12. The third-order valence-electron chi connectivity index (χ3n) is 4.38. The van der Waals surface area contributed by atoms with Crippen LogP contribution in [0, 0.1) is 13.8 Å². The van der Waals surface area contributed by atoms with Gasteiger partial charge in [-0.05, 0) is 55.3 Å². The summed E-state index contributed by atoms with van der Waals surface area (Å²) in [6.45, 7) is 3.81. The lowest BCUT2D eigenvalue weighted by Gasteiger charge is -2.03. The molecule has 0 aliphatic heterocycles. The van der Waals surface area contributed by atoms with E-state index in [0.29, 0.717) is 28.3 Å². The fourth-order valence-electron chi connectivity index (χ4n) is 2.86. The van der Waals surface area contributed by atoms with Gasteiger partial charge in [0.2, 0.25) is 5.89 Å². The maximum Gasteiger partial charge on any atom is 0.231 e. The smallest absolute Gasteiger partial charge is 0.231 e. The van der Waals surface area contributed by atoms with Crippen molar-refractivity contribution in [2.45, 2.75) is 13.8 Å². The number of oxazole rings is 1. The van der Waals surface area contributed by atoms with Crippen LogP contribution in [0.15, 0.2) is 64.0 Å². The van der Waals surface area contributed by atoms with Gasteiger partial charge >= 0.3 is 0 Å². The van der Waals surface area contributed by atoms with Gasteiger partial charge < -0.3 is 14.6 Å². The fourth-order valence-corrected chi connectivity index (χ4v) is 2.86. The Morgan fingerprint density at radius 1 is 1.00 bits per heavy atom. The largest absolute Gasteiger partial charge is 0.507 e. The van der Waals surface area contributed by atoms with E-state index < -0.39 is 0 Å². The molecule has 5 nitrogen and oxygen atoms in total. The number of nitrogens with zero attached hydrogens (tertiary/aromatic N) is 2. The van der Waals surface area contributed by atoms with Crippen molar-refractivity contribution < 1.29 is 14.6 Å². The molecule has 2 N–H and O–H groups in total. The van der Waals surface area contributed by atoms with Gasteiger partial charge in [-0.1, -0.05) is 18.2 Å². The van der Waals surface area contributed by atoms with E-state index >= 15 is 0 Å². The van der Waals surface area contributed by atoms with Crippen LogP contribution in [0.4, 0.5) is 5.69 Å². The minimum atomic E-state index is 0.0291. The van der Waals surface area contributed by atoms with Crippen molar-refractivity contribution >= 4 is 23.0 Å². The van der Waals surface area contributed by atoms with Gasteiger partial charge in [0.05, 0.1) is 11.3 Å². The number of hydrogen-bond acceptors (Lipinski definition) is 5. The number of hydrogen-bond donors (Lipinski definition) is 2. The van der Waals surface area contributed by atoms with Crippen LogP contribution in [0.25, 0.3) is 22.6 Å². The van der Waals surface area contributed by atoms with Gasteiger partial charge in [-0.3, -0.25) is 4.99 Å². The number of para-hydroxylation sites is 1. The molecule has 0 aliphatic carbocycles. The molecule has 0 spiro atoms. The fraction of sp³-hybridized carbons (Fsp3) is 0.0909. The number of phenols is 2. The maximum absolute atomic E-state index is 10.4. The van der Waals surface area contributed by atoms with Gasteiger partial charge in [-0.2, -0.15) is 0 Å². The number of fused-ring (bicyclic) bond motifs is 1. The molecule has 0 radical (unpaired) electrons. The molecule has 0 atom stereocenters. The van der Waals surface area contributed by atoms with Crippen molar-refractivity contribution in [2.75, 3.05) is 0 Å². The Balaban J connectivity index is 1.65. The quantitative estimate of drug-likeness (QED) is 0.489. The summed E-state index contributed by atoms with van der Waals surface area (Å²) in [5.74, 6) is 0.588. The van der Waals surface area contributed by atoms with Crippen LogP contribution in [0.2, 0.25) is 0 Å². The van der Waals surface area contributed by atoms with E-state index in [1.807, 2.05) is 44.2 Å². The van der Waals surface area contributed by atoms with Crippen LogP contribution in [-0.4, -0.2) is 21.4 Å². The third kappa shape index (κ3) is 3.27. The number of aliphatic imine (C=N–C) groups is 1. The highest BCUT2D eigenvalue weighted by Crippen LogP contribution is 2.34. The predicted molar refractivity (Wildman–Crippen MR) is 106 cm³/mol. The van der Waals surface area contributed by atoms with E-state index in [1.165, 1.54) is 0 Å². The van der Waals surface area contributed by atoms with Crippen molar-refractivity contribution in [2.24, 2.45) is 4.99 Å². The molecule has 0 saturated carbocycles. The number of aromatic nitrogens is 1. The summed E-state index contributed by atoms with van der Waals surface area (Å²) in [5.41, 5.74) is 4.97. The van der Waals surface area contributed by atoms with Gasteiger partial charge in [-0.15, -0.1) is 0 Å². The SMILES string of the molecule is Cc1ccc2nc(-c3ccc(N=Cc4cccc(C)c4O)cc3O)oc2c1. The molecule has 0 bridgehead atoms. The second kappa shape index (κ2) is 6.61. The Morgan fingerprint density at radius 3 is 2.67 bits per heavy atom. The normalized spacial score (nSPS) is 11.5. The first kappa shape index (κ1) is 16.8. The van der Waals surface area contributed by atoms with E-state index in [2.05, 4.69) is 9.98 Å². The number of phenolic OH excluding ortho intramolecular Hbond substituents is 2. The first-order valence-electron chi connectivity index (χ1n) is 8.54. The predicted octanol–water partition coefficient (Wildman–Crippen LogP) is 5.27. The molecule has 0 fully saturated rings. The van der Waals surface area contributed by atoms with Crippen LogP contribution in [0.5, 0.6) is 11.5 Å². The van der Waals surface area contributed by atoms with Crippen molar-refractivity contribution in [1.82, 2.24) is 4.98 Å². The summed E-state index contributed by atoms with van der Waals surface area (Å²) in [7, 11) is 0. The van der Waals surface area contributed by atoms with Crippen molar-refractivity contribution in [1.29, 1.82) is 0 Å². The first-order chi connectivity index (χ1) is 13.0. The summed E-state index contributed by atoms with van der Waals surface area (Å²) in [6.07, 6.45) is 1.57. The standard InChI is InChI=1S/C22H18N2O3/c1-13-6-9-18-20(10-13)27-22(24-18)17-8-7-16(11-19(17)25)23-12-15-5-3-4-14(2)21(15)26/h3-12,25-26H,1-2H3. The Hall–Kier alpha value is -3.60. The molecule has 3 aromatic carbocycles. The summed E-state index contributed by atoms with van der Waals surface area (Å²) in [4.78, 5) is 8.76. The van der Waals surface area contributed by atoms with Crippen LogP contribution in [-0.2, 0) is 0 Å². The van der Waals surface area contributed by atoms with E-state index in [-0.39, 0.29) is 11.5 Å². The molecule has 5 heteroatoms. The van der Waals surface area contributed by atoms with Gasteiger partial charge in [-0.25, -0.2) is 4.98 Å². The number of aryl methyl sites for hydroxylation is 2. The lowest BCUT2D eigenvalue weighted by molar-refractivity contribution is 0.470. The highest BCUT2D eigenvalue weighted by atomic mass is 16.3. The van der Waals surface area contributed by atoms with Gasteiger partial charge in [0, 0.05) is 17.8 Å². The molecule has 1 aromatic heterocycles. The monoisotopic (exact) mass is 358 g/mol. The Morgan fingerprint density at radius 2 is 1.85 bits per heavy atom. The molecule has 0 saturated heterocycles. The number of rotatable bonds is 3. The van der Waals surface area contributed by atoms with Crippen molar-refractivity contribution in [3.8, 4) is 23.0 Å². The molecule has 27 heavy (non-hydrogen) atoms. The van der Waals surface area contributed by atoms with E-state index in [1.54, 1.807) is 30.5 Å². The van der Waals surface area contributed by atoms with Crippen LogP contribution < -0.4 is 0 Å². The van der Waals surface area contributed by atoms with Crippen molar-refractivity contribution in [3.63, 3.8) is 0 Å². The van der Waals surface area contributed by atoms with E-state index in [0.717, 1.165) is 16.6 Å². The lowest BCUT2D eigenvalue weighted by Crippen LogP contribution is -1.85. The number of aromatic hydroxyl groups is 2. The minimum Gasteiger partial charge on any atom is -0.507 e. The van der Waals surface area contributed by atoms with Crippen LogP contribution in [0.1, 0.15) is 16.7 Å². The topological polar surface area (TPSA) is 78.9 Å². The van der Waals surface area contributed by atoms with Crippen molar-refractivity contribution in [3.05, 3.63) is 71.3 Å². The summed E-state index contributed by atoms with van der Waals surface area (Å²) in [6, 6.07) is 16.2. The lowest BCUT2D eigenvalue weighted by atomic mass is 10.1. The molecular formula is C22H18N2O3. The molecule has 134 valence electrons. The van der Waals surface area contributed by atoms with Gasteiger partial charge in [0.1, 0.15) is 17.0 Å². The number of benzene rings is 3. The van der Waals surface area contributed by atoms with E-state index in [9.17, 15) is 10.2 Å². The molecular weight excluding hydrogens is 340 g/mol. The average molecular weight is 358 g/mol. The first-order valence-corrected chi connectivity index (χ1v) is 8.54. The minimum absolute atomic E-state index is 0.0291. The molecule has 4 rings (SSSR count). The molecule has 4 aromatic rings. The summed E-state index contributed by atoms with van der Waals surface area (Å²) >= 11 is 0. The van der Waals surface area contributed by atoms with Gasteiger partial charge in [0.25, 0.3) is 0 Å². The Labute approximate surface area is 156 Å². The van der Waals surface area contributed by atoms with Crippen LogP contribution in [0.3, 0.4) is 0 Å². The Bertz CT molecular complexity index is 1180.